The standard InChI is InChI=1S/C9H9N3O/c10-12-7-2-3-8-6(5-7)1-4-9(13)11-8/h1-5,12H,10H2,(H,11,13). The summed E-state index contributed by atoms with van der Waals surface area (Å²) in [6, 6.07) is 8.73. The molecule has 0 atom stereocenters. The molecule has 1 aromatic carbocycles. The third-order valence-corrected chi connectivity index (χ3v) is 1.89. The highest BCUT2D eigenvalue weighted by Crippen LogP contribution is 2.14. The van der Waals surface area contributed by atoms with Crippen molar-refractivity contribution in [2.75, 3.05) is 5.43 Å². The van der Waals surface area contributed by atoms with Crippen LogP contribution in [0.15, 0.2) is 35.1 Å². The van der Waals surface area contributed by atoms with E-state index in [0.29, 0.717) is 0 Å². The van der Waals surface area contributed by atoms with Crippen molar-refractivity contribution in [1.29, 1.82) is 0 Å². The number of aromatic nitrogens is 1. The summed E-state index contributed by atoms with van der Waals surface area (Å²) in [7, 11) is 0. The predicted molar refractivity (Wildman–Crippen MR) is 52.4 cm³/mol. The maximum absolute atomic E-state index is 10.9. The van der Waals surface area contributed by atoms with Gasteiger partial charge < -0.3 is 10.4 Å². The first-order valence-electron chi connectivity index (χ1n) is 3.89. The topological polar surface area (TPSA) is 70.9 Å². The van der Waals surface area contributed by atoms with Gasteiger partial charge in [0.2, 0.25) is 5.56 Å². The Morgan fingerprint density at radius 2 is 2.08 bits per heavy atom. The minimum atomic E-state index is -0.0963. The van der Waals surface area contributed by atoms with Gasteiger partial charge in [-0.25, -0.2) is 0 Å². The van der Waals surface area contributed by atoms with E-state index in [2.05, 4.69) is 10.4 Å². The van der Waals surface area contributed by atoms with Gasteiger partial charge in [-0.2, -0.15) is 0 Å². The Hall–Kier alpha value is -1.81. The second kappa shape index (κ2) is 2.91. The molecular formula is C9H9N3O. The predicted octanol–water partition coefficient (Wildman–Crippen LogP) is 0.814. The molecule has 0 aliphatic carbocycles. The van der Waals surface area contributed by atoms with Crippen LogP contribution in [0.1, 0.15) is 0 Å². The van der Waals surface area contributed by atoms with Crippen LogP contribution in [0.5, 0.6) is 0 Å². The zero-order valence-corrected chi connectivity index (χ0v) is 6.87. The van der Waals surface area contributed by atoms with Crippen LogP contribution in [0.4, 0.5) is 5.69 Å². The molecule has 0 radical (unpaired) electrons. The van der Waals surface area contributed by atoms with Crippen LogP contribution in [0.25, 0.3) is 10.9 Å². The van der Waals surface area contributed by atoms with Crippen molar-refractivity contribution in [3.8, 4) is 0 Å². The Kier molecular flexibility index (Phi) is 1.75. The number of fused-ring (bicyclic) bond motifs is 1. The van der Waals surface area contributed by atoms with E-state index in [4.69, 9.17) is 5.84 Å². The maximum atomic E-state index is 10.9. The first-order chi connectivity index (χ1) is 6.29. The third kappa shape index (κ3) is 1.39. The van der Waals surface area contributed by atoms with E-state index in [1.807, 2.05) is 12.1 Å². The maximum Gasteiger partial charge on any atom is 0.248 e. The monoisotopic (exact) mass is 175 g/mol. The fourth-order valence-electron chi connectivity index (χ4n) is 1.24. The lowest BCUT2D eigenvalue weighted by atomic mass is 10.2. The number of aromatic amines is 1. The minimum Gasteiger partial charge on any atom is -0.324 e. The molecule has 0 fully saturated rings. The molecule has 0 aliphatic heterocycles. The number of nitrogens with one attached hydrogen (secondary N) is 2. The van der Waals surface area contributed by atoms with Gasteiger partial charge in [0.05, 0.1) is 0 Å². The molecular weight excluding hydrogens is 166 g/mol. The van der Waals surface area contributed by atoms with Crippen LogP contribution in [-0.2, 0) is 0 Å². The molecule has 66 valence electrons. The van der Waals surface area contributed by atoms with Gasteiger partial charge in [0.15, 0.2) is 0 Å². The summed E-state index contributed by atoms with van der Waals surface area (Å²) in [5.41, 5.74) is 4.08. The lowest BCUT2D eigenvalue weighted by Crippen LogP contribution is -2.07. The lowest BCUT2D eigenvalue weighted by molar-refractivity contribution is 1.30. The number of pyridine rings is 1. The molecule has 4 nitrogen and oxygen atoms in total. The van der Waals surface area contributed by atoms with Crippen LogP contribution >= 0.6 is 0 Å². The summed E-state index contributed by atoms with van der Waals surface area (Å²) in [4.78, 5) is 13.7. The number of H-pyrrole nitrogens is 1. The highest BCUT2D eigenvalue weighted by Gasteiger charge is 1.94. The van der Waals surface area contributed by atoms with Crippen molar-refractivity contribution in [1.82, 2.24) is 4.98 Å². The minimum absolute atomic E-state index is 0.0963. The Balaban J connectivity index is 2.73. The number of nitrogens with two attached hydrogens (primary N) is 1. The van der Waals surface area contributed by atoms with Gasteiger partial charge >= 0.3 is 0 Å². The number of nitrogen functional groups attached to an aromatic ring is 1. The van der Waals surface area contributed by atoms with Crippen LogP contribution in [0.3, 0.4) is 0 Å². The molecule has 0 aliphatic rings. The van der Waals surface area contributed by atoms with Crippen LogP contribution < -0.4 is 16.8 Å². The van der Waals surface area contributed by atoms with Gasteiger partial charge in [0, 0.05) is 22.7 Å². The van der Waals surface area contributed by atoms with Crippen molar-refractivity contribution < 1.29 is 0 Å². The molecule has 0 saturated heterocycles. The zero-order valence-electron chi connectivity index (χ0n) is 6.87. The molecule has 0 saturated carbocycles. The van der Waals surface area contributed by atoms with Gasteiger partial charge in [-0.1, -0.05) is 0 Å². The first kappa shape index (κ1) is 7.82. The van der Waals surface area contributed by atoms with Crippen molar-refractivity contribution in [3.05, 3.63) is 40.7 Å². The summed E-state index contributed by atoms with van der Waals surface area (Å²) in [6.07, 6.45) is 0. The largest absolute Gasteiger partial charge is 0.324 e. The number of hydrogen-bond donors (Lipinski definition) is 3. The Bertz CT molecular complexity index is 489. The Morgan fingerprint density at radius 1 is 1.23 bits per heavy atom. The number of hydrazine groups is 1. The summed E-state index contributed by atoms with van der Waals surface area (Å²) in [5, 5.41) is 0.954. The zero-order chi connectivity index (χ0) is 9.26. The summed E-state index contributed by atoms with van der Waals surface area (Å²) in [5.74, 6) is 5.25. The molecule has 1 heterocycles. The normalized spacial score (nSPS) is 10.2. The van der Waals surface area contributed by atoms with Crippen molar-refractivity contribution >= 4 is 16.6 Å². The van der Waals surface area contributed by atoms with Crippen molar-refractivity contribution in [2.45, 2.75) is 0 Å². The molecule has 2 rings (SSSR count). The summed E-state index contributed by atoms with van der Waals surface area (Å²) < 4.78 is 0. The van der Waals surface area contributed by atoms with E-state index >= 15 is 0 Å². The molecule has 4 heteroatoms. The number of hydrogen-bond acceptors (Lipinski definition) is 3. The van der Waals surface area contributed by atoms with Crippen LogP contribution in [0.2, 0.25) is 0 Å². The molecule has 13 heavy (non-hydrogen) atoms. The molecule has 0 unspecified atom stereocenters. The van der Waals surface area contributed by atoms with E-state index < -0.39 is 0 Å². The quantitative estimate of drug-likeness (QED) is 0.443. The average molecular weight is 175 g/mol. The molecule has 0 spiro atoms. The van der Waals surface area contributed by atoms with E-state index in [1.54, 1.807) is 12.1 Å². The molecule has 2 aromatic rings. The second-order valence-electron chi connectivity index (χ2n) is 2.77. The van der Waals surface area contributed by atoms with E-state index in [0.717, 1.165) is 16.6 Å². The highest BCUT2D eigenvalue weighted by molar-refractivity contribution is 5.81. The highest BCUT2D eigenvalue weighted by atomic mass is 16.1. The molecule has 1 aromatic heterocycles. The van der Waals surface area contributed by atoms with Gasteiger partial charge in [-0.05, 0) is 24.3 Å². The van der Waals surface area contributed by atoms with E-state index in [9.17, 15) is 4.79 Å². The molecule has 0 bridgehead atoms. The smallest absolute Gasteiger partial charge is 0.248 e. The van der Waals surface area contributed by atoms with Crippen molar-refractivity contribution in [2.24, 2.45) is 5.84 Å². The van der Waals surface area contributed by atoms with E-state index in [1.165, 1.54) is 6.07 Å². The fourth-order valence-corrected chi connectivity index (χ4v) is 1.24. The number of rotatable bonds is 1. The van der Waals surface area contributed by atoms with E-state index in [-0.39, 0.29) is 5.56 Å². The SMILES string of the molecule is NNc1ccc2[nH]c(=O)ccc2c1. The third-order valence-electron chi connectivity index (χ3n) is 1.89. The summed E-state index contributed by atoms with van der Waals surface area (Å²) >= 11 is 0. The number of anilines is 1. The first-order valence-corrected chi connectivity index (χ1v) is 3.89. The molecule has 4 N–H and O–H groups in total. The average Bonchev–Trinajstić information content (AvgIpc) is 2.17. The van der Waals surface area contributed by atoms with Gasteiger partial charge in [-0.15, -0.1) is 0 Å². The van der Waals surface area contributed by atoms with Gasteiger partial charge in [0.1, 0.15) is 0 Å². The second-order valence-corrected chi connectivity index (χ2v) is 2.77. The Morgan fingerprint density at radius 3 is 2.85 bits per heavy atom. The van der Waals surface area contributed by atoms with Gasteiger partial charge in [-0.3, -0.25) is 10.6 Å². The lowest BCUT2D eigenvalue weighted by Gasteiger charge is -2.01. The van der Waals surface area contributed by atoms with Gasteiger partial charge in [0.25, 0.3) is 0 Å². The fraction of sp³-hybridized carbons (Fsp3) is 0. The molecule has 0 amide bonds. The van der Waals surface area contributed by atoms with Crippen molar-refractivity contribution in [3.63, 3.8) is 0 Å². The summed E-state index contributed by atoms with van der Waals surface area (Å²) in [6.45, 7) is 0. The van der Waals surface area contributed by atoms with Crippen LogP contribution in [-0.4, -0.2) is 4.98 Å². The Labute approximate surface area is 74.4 Å². The van der Waals surface area contributed by atoms with Crippen LogP contribution in [0, 0.1) is 0 Å². The number of benzene rings is 1.